The van der Waals surface area contributed by atoms with E-state index in [4.69, 9.17) is 9.84 Å². The average Bonchev–Trinajstić information content (AvgIpc) is 3.44. The number of amides is 3. The lowest BCUT2D eigenvalue weighted by molar-refractivity contribution is -0.142. The maximum absolute atomic E-state index is 15.1. The zero-order chi connectivity index (χ0) is 37.9. The molecule has 0 saturated heterocycles. The van der Waals surface area contributed by atoms with Crippen LogP contribution < -0.4 is 10.6 Å². The third-order valence-corrected chi connectivity index (χ3v) is 10.3. The number of aliphatic carboxylic acids is 1. The van der Waals surface area contributed by atoms with Gasteiger partial charge < -0.3 is 35.4 Å². The van der Waals surface area contributed by atoms with Crippen molar-refractivity contribution in [2.45, 2.75) is 90.4 Å². The van der Waals surface area contributed by atoms with Crippen molar-refractivity contribution in [3.8, 4) is 0 Å². The molecular formula is C37H52F2N4O7Si. The number of ether oxygens (including phenoxy) is 1. The quantitative estimate of drug-likeness (QED) is 0.162. The summed E-state index contributed by atoms with van der Waals surface area (Å²) in [5.41, 5.74) is 0.895. The van der Waals surface area contributed by atoms with E-state index < -0.39 is 80.2 Å². The lowest BCUT2D eigenvalue weighted by Gasteiger charge is -2.47. The van der Waals surface area contributed by atoms with Gasteiger partial charge in [-0.05, 0) is 47.2 Å². The molecule has 14 heteroatoms. The maximum Gasteiger partial charge on any atom is 0.407 e. The van der Waals surface area contributed by atoms with Gasteiger partial charge in [0.05, 0.1) is 31.2 Å². The average molecular weight is 731 g/mol. The van der Waals surface area contributed by atoms with E-state index in [0.717, 1.165) is 29.8 Å². The summed E-state index contributed by atoms with van der Waals surface area (Å²) in [6, 6.07) is 11.5. The molecule has 51 heavy (non-hydrogen) atoms. The van der Waals surface area contributed by atoms with Crippen molar-refractivity contribution in [3.05, 3.63) is 77.5 Å². The molecular weight excluding hydrogens is 679 g/mol. The smallest absolute Gasteiger partial charge is 0.407 e. The lowest BCUT2D eigenvalue weighted by atomic mass is 9.78. The van der Waals surface area contributed by atoms with Crippen molar-refractivity contribution in [1.29, 1.82) is 0 Å². The van der Waals surface area contributed by atoms with E-state index in [2.05, 4.69) is 30.3 Å². The molecule has 11 nitrogen and oxygen atoms in total. The molecule has 1 unspecified atom stereocenters. The second-order valence-electron chi connectivity index (χ2n) is 15.2. The van der Waals surface area contributed by atoms with Gasteiger partial charge in [-0.2, -0.15) is 0 Å². The predicted molar refractivity (Wildman–Crippen MR) is 193 cm³/mol. The van der Waals surface area contributed by atoms with Gasteiger partial charge in [0, 0.05) is 45.9 Å². The number of aliphatic hydroxyl groups excluding tert-OH is 1. The van der Waals surface area contributed by atoms with Gasteiger partial charge in [-0.15, -0.1) is 0 Å². The third kappa shape index (κ3) is 13.1. The van der Waals surface area contributed by atoms with E-state index in [9.17, 15) is 28.7 Å². The summed E-state index contributed by atoms with van der Waals surface area (Å²) < 4.78 is 34.9. The van der Waals surface area contributed by atoms with Crippen LogP contribution in [0.15, 0.2) is 54.7 Å². The van der Waals surface area contributed by atoms with Crippen LogP contribution in [0, 0.1) is 17.0 Å². The number of nitrogens with one attached hydrogen (secondary N) is 2. The molecule has 0 aliphatic carbocycles. The van der Waals surface area contributed by atoms with Gasteiger partial charge in [-0.1, -0.05) is 70.7 Å². The molecule has 0 saturated carbocycles. The minimum atomic E-state index is -1.48. The van der Waals surface area contributed by atoms with Gasteiger partial charge in [0.25, 0.3) is 0 Å². The number of rotatable bonds is 17. The van der Waals surface area contributed by atoms with Gasteiger partial charge in [0.1, 0.15) is 18.2 Å². The van der Waals surface area contributed by atoms with Gasteiger partial charge in [-0.3, -0.25) is 14.4 Å². The molecule has 2 aromatic carbocycles. The Hall–Kier alpha value is -4.30. The predicted octanol–water partition coefficient (Wildman–Crippen LogP) is 5.23. The Morgan fingerprint density at radius 3 is 2.35 bits per heavy atom. The molecule has 0 aromatic heterocycles. The Bertz CT molecular complexity index is 1550. The Morgan fingerprint density at radius 1 is 1.06 bits per heavy atom. The normalized spacial score (nSPS) is 15.8. The molecule has 0 spiro atoms. The maximum atomic E-state index is 15.1. The third-order valence-electron chi connectivity index (χ3n) is 8.63. The summed E-state index contributed by atoms with van der Waals surface area (Å²) in [6.07, 6.45) is 0.543. The standard InChI is InChI=1S/C37H52F2N4O7Si/c1-37(2,3)35(31-18-26(29-19-27(38)12-13-30(29)39)22-42(31)21-25-10-8-7-9-11-25)43(33(46)24-44)23-28(41-32(45)14-15-34(47)48)20-40-36(49)50-16-17-51(4,5)6/h7-13,19,22,28,31,35,44H,14-18,20-21,23-24H2,1-6H3,(H,40,49)(H,41,45)(H,47,48)/t28-,31?,35-/m0/s1. The second-order valence-corrected chi connectivity index (χ2v) is 20.8. The van der Waals surface area contributed by atoms with E-state index in [1.165, 1.54) is 4.90 Å². The highest BCUT2D eigenvalue weighted by molar-refractivity contribution is 6.76. The first-order valence-electron chi connectivity index (χ1n) is 17.2. The number of nitrogens with zero attached hydrogens (tertiary/aromatic N) is 2. The summed E-state index contributed by atoms with van der Waals surface area (Å²) in [5, 5.41) is 24.8. The van der Waals surface area contributed by atoms with Crippen LogP contribution in [0.25, 0.3) is 5.57 Å². The lowest BCUT2D eigenvalue weighted by Crippen LogP contribution is -2.61. The Labute approximate surface area is 300 Å². The highest BCUT2D eigenvalue weighted by atomic mass is 28.3. The molecule has 0 radical (unpaired) electrons. The van der Waals surface area contributed by atoms with Crippen LogP contribution in [0.4, 0.5) is 13.6 Å². The molecule has 1 aliphatic rings. The van der Waals surface area contributed by atoms with Crippen molar-refractivity contribution < 1.29 is 42.9 Å². The molecule has 0 fully saturated rings. The highest BCUT2D eigenvalue weighted by Crippen LogP contribution is 2.40. The van der Waals surface area contributed by atoms with Crippen LogP contribution in [0.1, 0.15) is 51.2 Å². The van der Waals surface area contributed by atoms with Crippen molar-refractivity contribution in [1.82, 2.24) is 20.4 Å². The first-order valence-corrected chi connectivity index (χ1v) is 20.9. The summed E-state index contributed by atoms with van der Waals surface area (Å²) >= 11 is 0. The van der Waals surface area contributed by atoms with Crippen molar-refractivity contribution >= 4 is 37.5 Å². The Morgan fingerprint density at radius 2 is 1.75 bits per heavy atom. The summed E-state index contributed by atoms with van der Waals surface area (Å²) in [4.78, 5) is 53.9. The highest BCUT2D eigenvalue weighted by Gasteiger charge is 2.44. The minimum Gasteiger partial charge on any atom is -0.481 e. The number of carboxylic acid groups (broad SMARTS) is 1. The van der Waals surface area contributed by atoms with E-state index in [0.29, 0.717) is 12.1 Å². The number of benzene rings is 2. The molecule has 280 valence electrons. The van der Waals surface area contributed by atoms with Crippen LogP contribution in [0.3, 0.4) is 0 Å². The van der Waals surface area contributed by atoms with Crippen molar-refractivity contribution in [2.24, 2.45) is 5.41 Å². The number of hydrogen-bond donors (Lipinski definition) is 4. The molecule has 1 aliphatic heterocycles. The fraction of sp³-hybridized carbons (Fsp3) is 0.514. The molecule has 2 aromatic rings. The van der Waals surface area contributed by atoms with E-state index in [1.54, 1.807) is 6.20 Å². The number of aliphatic hydroxyl groups is 1. The molecule has 0 bridgehead atoms. The van der Waals surface area contributed by atoms with Crippen molar-refractivity contribution in [2.75, 3.05) is 26.3 Å². The number of hydrogen-bond acceptors (Lipinski definition) is 7. The minimum absolute atomic E-state index is 0.101. The Balaban J connectivity index is 2.00. The number of halogens is 2. The molecule has 3 rings (SSSR count). The fourth-order valence-corrected chi connectivity index (χ4v) is 6.92. The largest absolute Gasteiger partial charge is 0.481 e. The number of carbonyl (C=O) groups is 4. The first-order chi connectivity index (χ1) is 23.9. The van der Waals surface area contributed by atoms with Crippen LogP contribution in [0.2, 0.25) is 25.7 Å². The van der Waals surface area contributed by atoms with E-state index >= 15 is 4.39 Å². The topological polar surface area (TPSA) is 149 Å². The van der Waals surface area contributed by atoms with Crippen LogP contribution in [0.5, 0.6) is 0 Å². The van der Waals surface area contributed by atoms with Gasteiger partial charge in [0.15, 0.2) is 0 Å². The van der Waals surface area contributed by atoms with Crippen LogP contribution in [-0.4, -0.2) is 96.4 Å². The van der Waals surface area contributed by atoms with E-state index in [1.807, 2.05) is 56.0 Å². The first kappa shape index (κ1) is 41.1. The molecule has 4 N–H and O–H groups in total. The zero-order valence-corrected chi connectivity index (χ0v) is 31.4. The fourth-order valence-electron chi connectivity index (χ4n) is 6.20. The van der Waals surface area contributed by atoms with Crippen molar-refractivity contribution in [3.63, 3.8) is 0 Å². The van der Waals surface area contributed by atoms with Gasteiger partial charge >= 0.3 is 12.1 Å². The zero-order valence-electron chi connectivity index (χ0n) is 30.4. The van der Waals surface area contributed by atoms with Crippen LogP contribution in [-0.2, 0) is 25.7 Å². The molecule has 3 amide bonds. The monoisotopic (exact) mass is 730 g/mol. The van der Waals surface area contributed by atoms with Crippen LogP contribution >= 0.6 is 0 Å². The summed E-state index contributed by atoms with van der Waals surface area (Å²) in [7, 11) is -1.48. The number of carbonyl (C=O) groups excluding carboxylic acids is 3. The molecule has 3 atom stereocenters. The summed E-state index contributed by atoms with van der Waals surface area (Å²) in [5.74, 6) is -3.60. The number of alkyl carbamates (subject to hydrolysis) is 1. The second kappa shape index (κ2) is 18.3. The van der Waals surface area contributed by atoms with Gasteiger partial charge in [0.2, 0.25) is 11.8 Å². The number of carboxylic acids is 1. The SMILES string of the molecule is CC(C)(C)[C@H](C1CC(c2cc(F)ccc2F)=CN1Cc1ccccc1)N(C[C@H](CNC(=O)OCC[Si](C)(C)C)NC(=O)CCC(=O)O)C(=O)CO. The molecule has 1 heterocycles. The Kier molecular flexibility index (Phi) is 14.7. The summed E-state index contributed by atoms with van der Waals surface area (Å²) in [6.45, 7) is 11.6. The van der Waals surface area contributed by atoms with E-state index in [-0.39, 0.29) is 38.1 Å². The van der Waals surface area contributed by atoms with Gasteiger partial charge in [-0.25, -0.2) is 13.6 Å².